The van der Waals surface area contributed by atoms with Crippen molar-refractivity contribution in [3.63, 3.8) is 0 Å². The predicted octanol–water partition coefficient (Wildman–Crippen LogP) is 4.84. The summed E-state index contributed by atoms with van der Waals surface area (Å²) in [5.41, 5.74) is 4.87. The fourth-order valence-electron chi connectivity index (χ4n) is 3.80. The van der Waals surface area contributed by atoms with Crippen LogP contribution in [0.5, 0.6) is 0 Å². The van der Waals surface area contributed by atoms with Crippen LogP contribution in [-0.4, -0.2) is 11.7 Å². The molecule has 24 heavy (non-hydrogen) atoms. The summed E-state index contributed by atoms with van der Waals surface area (Å²) in [6, 6.07) is 18.3. The first-order valence-electron chi connectivity index (χ1n) is 8.36. The molecule has 0 saturated heterocycles. The number of rotatable bonds is 2. The van der Waals surface area contributed by atoms with Crippen LogP contribution in [0, 0.1) is 0 Å². The second-order valence-corrected chi connectivity index (χ2v) is 6.36. The molecule has 3 heteroatoms. The van der Waals surface area contributed by atoms with Gasteiger partial charge in [-0.05, 0) is 35.6 Å². The lowest BCUT2D eigenvalue weighted by atomic mass is 9.99. The number of nitrogens with zero attached hydrogens (tertiary/aromatic N) is 2. The second-order valence-electron chi connectivity index (χ2n) is 6.36. The van der Waals surface area contributed by atoms with E-state index < -0.39 is 0 Å². The maximum absolute atomic E-state index is 12.9. The predicted molar refractivity (Wildman–Crippen MR) is 97.4 cm³/mol. The zero-order valence-electron chi connectivity index (χ0n) is 13.4. The van der Waals surface area contributed by atoms with Gasteiger partial charge in [0.1, 0.15) is 5.84 Å². The van der Waals surface area contributed by atoms with E-state index in [1.165, 1.54) is 5.56 Å². The van der Waals surface area contributed by atoms with E-state index in [1.54, 1.807) is 4.90 Å². The number of anilines is 1. The normalized spacial score (nSPS) is 14.6. The van der Waals surface area contributed by atoms with Crippen molar-refractivity contribution in [2.45, 2.75) is 19.8 Å². The Kier molecular flexibility index (Phi) is 2.69. The van der Waals surface area contributed by atoms with Gasteiger partial charge in [0.15, 0.2) is 0 Å². The van der Waals surface area contributed by atoms with E-state index in [4.69, 9.17) is 4.99 Å². The molecule has 0 atom stereocenters. The van der Waals surface area contributed by atoms with Crippen LogP contribution in [-0.2, 0) is 6.42 Å². The molecule has 0 saturated carbocycles. The SMILES string of the molecule is CCCc1cc2c3c(cccc3c1)N1C(=O)c3ccccc3C1=N2. The van der Waals surface area contributed by atoms with E-state index in [-0.39, 0.29) is 5.91 Å². The quantitative estimate of drug-likeness (QED) is 0.666. The van der Waals surface area contributed by atoms with Crippen LogP contribution in [0.1, 0.15) is 34.8 Å². The number of hydrogen-bond acceptors (Lipinski definition) is 2. The molecule has 2 heterocycles. The first-order chi connectivity index (χ1) is 11.8. The summed E-state index contributed by atoms with van der Waals surface area (Å²) in [4.78, 5) is 19.5. The Labute approximate surface area is 140 Å². The summed E-state index contributed by atoms with van der Waals surface area (Å²) in [7, 11) is 0. The maximum Gasteiger partial charge on any atom is 0.264 e. The zero-order valence-corrected chi connectivity index (χ0v) is 13.4. The van der Waals surface area contributed by atoms with Gasteiger partial charge in [0.2, 0.25) is 0 Å². The number of amides is 1. The van der Waals surface area contributed by atoms with Crippen molar-refractivity contribution in [2.75, 3.05) is 4.90 Å². The van der Waals surface area contributed by atoms with Crippen molar-refractivity contribution in [2.24, 2.45) is 4.99 Å². The van der Waals surface area contributed by atoms with Crippen molar-refractivity contribution in [1.29, 1.82) is 0 Å². The summed E-state index contributed by atoms with van der Waals surface area (Å²) in [5.74, 6) is 0.768. The Bertz CT molecular complexity index is 1050. The smallest absolute Gasteiger partial charge is 0.264 e. The van der Waals surface area contributed by atoms with E-state index in [9.17, 15) is 4.79 Å². The number of amidine groups is 1. The highest BCUT2D eigenvalue weighted by Crippen LogP contribution is 2.43. The molecule has 0 radical (unpaired) electrons. The monoisotopic (exact) mass is 312 g/mol. The van der Waals surface area contributed by atoms with Gasteiger partial charge in [-0.1, -0.05) is 49.7 Å². The van der Waals surface area contributed by atoms with Crippen molar-refractivity contribution < 1.29 is 4.79 Å². The molecule has 0 bridgehead atoms. The first kappa shape index (κ1) is 13.5. The number of carbonyl (C=O) groups excluding carboxylic acids is 1. The molecule has 0 unspecified atom stereocenters. The second kappa shape index (κ2) is 4.78. The van der Waals surface area contributed by atoms with Gasteiger partial charge in [-0.25, -0.2) is 4.99 Å². The number of carbonyl (C=O) groups is 1. The van der Waals surface area contributed by atoms with Gasteiger partial charge in [-0.15, -0.1) is 0 Å². The molecule has 116 valence electrons. The third-order valence-corrected chi connectivity index (χ3v) is 4.81. The zero-order chi connectivity index (χ0) is 16.3. The molecule has 2 aliphatic heterocycles. The molecular formula is C21H16N2O. The molecular weight excluding hydrogens is 296 g/mol. The van der Waals surface area contributed by atoms with Gasteiger partial charge in [-0.2, -0.15) is 0 Å². The Hall–Kier alpha value is -2.94. The van der Waals surface area contributed by atoms with Crippen molar-refractivity contribution in [3.05, 3.63) is 71.3 Å². The standard InChI is InChI=1S/C21H16N2O/c1-2-6-13-11-14-7-5-10-18-19(14)17(12-13)22-20-15-8-3-4-9-16(15)21(24)23(18)20/h3-5,7-12H,2,6H2,1H3. The van der Waals surface area contributed by atoms with Crippen LogP contribution in [0.15, 0.2) is 59.6 Å². The lowest BCUT2D eigenvalue weighted by Gasteiger charge is -2.25. The highest BCUT2D eigenvalue weighted by molar-refractivity contribution is 6.39. The number of benzene rings is 3. The third-order valence-electron chi connectivity index (χ3n) is 4.81. The highest BCUT2D eigenvalue weighted by atomic mass is 16.2. The fraction of sp³-hybridized carbons (Fsp3) is 0.143. The third kappa shape index (κ3) is 1.67. The minimum Gasteiger partial charge on any atom is -0.268 e. The van der Waals surface area contributed by atoms with Crippen molar-refractivity contribution in [3.8, 4) is 0 Å². The maximum atomic E-state index is 12.9. The van der Waals surface area contributed by atoms with Gasteiger partial charge >= 0.3 is 0 Å². The summed E-state index contributed by atoms with van der Waals surface area (Å²) >= 11 is 0. The fourth-order valence-corrected chi connectivity index (χ4v) is 3.80. The first-order valence-corrected chi connectivity index (χ1v) is 8.36. The van der Waals surface area contributed by atoms with Crippen LogP contribution in [0.2, 0.25) is 0 Å². The Morgan fingerprint density at radius 2 is 1.83 bits per heavy atom. The van der Waals surface area contributed by atoms with Gasteiger partial charge in [-0.3, -0.25) is 9.69 Å². The van der Waals surface area contributed by atoms with Gasteiger partial charge in [0, 0.05) is 10.9 Å². The van der Waals surface area contributed by atoms with E-state index in [1.807, 2.05) is 36.4 Å². The molecule has 5 rings (SSSR count). The molecule has 1 amide bonds. The number of hydrogen-bond donors (Lipinski definition) is 0. The molecule has 0 aromatic heterocycles. The Morgan fingerprint density at radius 3 is 2.67 bits per heavy atom. The average Bonchev–Trinajstić information content (AvgIpc) is 2.89. The Balaban J connectivity index is 1.84. The van der Waals surface area contributed by atoms with Crippen LogP contribution in [0.3, 0.4) is 0 Å². The summed E-state index contributed by atoms with van der Waals surface area (Å²) in [6.07, 6.45) is 2.14. The number of aryl methyl sites for hydroxylation is 1. The topological polar surface area (TPSA) is 32.7 Å². The molecule has 0 aliphatic carbocycles. The Morgan fingerprint density at radius 1 is 1.00 bits per heavy atom. The van der Waals surface area contributed by atoms with Crippen LogP contribution in [0.4, 0.5) is 11.4 Å². The summed E-state index contributed by atoms with van der Waals surface area (Å²) < 4.78 is 0. The van der Waals surface area contributed by atoms with E-state index in [2.05, 4.69) is 25.1 Å². The minimum atomic E-state index is 0.0140. The van der Waals surface area contributed by atoms with Crippen molar-refractivity contribution in [1.82, 2.24) is 0 Å². The molecule has 0 N–H and O–H groups in total. The van der Waals surface area contributed by atoms with E-state index in [0.717, 1.165) is 52.0 Å². The average molecular weight is 312 g/mol. The van der Waals surface area contributed by atoms with Crippen LogP contribution in [0.25, 0.3) is 10.8 Å². The van der Waals surface area contributed by atoms with Gasteiger partial charge < -0.3 is 0 Å². The summed E-state index contributed by atoms with van der Waals surface area (Å²) in [5, 5.41) is 2.22. The molecule has 0 spiro atoms. The van der Waals surface area contributed by atoms with Crippen LogP contribution >= 0.6 is 0 Å². The van der Waals surface area contributed by atoms with Gasteiger partial charge in [0.05, 0.1) is 16.9 Å². The lowest BCUT2D eigenvalue weighted by Crippen LogP contribution is -2.31. The molecule has 3 aromatic rings. The van der Waals surface area contributed by atoms with Crippen LogP contribution < -0.4 is 4.90 Å². The lowest BCUT2D eigenvalue weighted by molar-refractivity contribution is 0.101. The minimum absolute atomic E-state index is 0.0140. The van der Waals surface area contributed by atoms with E-state index >= 15 is 0 Å². The molecule has 2 aliphatic rings. The molecule has 0 fully saturated rings. The molecule has 3 nitrogen and oxygen atoms in total. The largest absolute Gasteiger partial charge is 0.268 e. The summed E-state index contributed by atoms with van der Waals surface area (Å²) in [6.45, 7) is 2.19. The highest BCUT2D eigenvalue weighted by Gasteiger charge is 2.37. The van der Waals surface area contributed by atoms with Gasteiger partial charge in [0.25, 0.3) is 5.91 Å². The molecule has 3 aromatic carbocycles. The number of fused-ring (bicyclic) bond motifs is 4. The van der Waals surface area contributed by atoms with Crippen molar-refractivity contribution >= 4 is 33.9 Å². The number of aliphatic imine (C=N–C) groups is 1. The van der Waals surface area contributed by atoms with E-state index in [0.29, 0.717) is 0 Å².